The minimum absolute atomic E-state index is 0.00803. The van der Waals surface area contributed by atoms with Crippen LogP contribution in [0.15, 0.2) is 29.4 Å². The van der Waals surface area contributed by atoms with Gasteiger partial charge in [0.15, 0.2) is 6.61 Å². The maximum atomic E-state index is 12.2. The van der Waals surface area contributed by atoms with Crippen LogP contribution in [0.3, 0.4) is 0 Å². The summed E-state index contributed by atoms with van der Waals surface area (Å²) in [5.74, 6) is -0.283. The molecule has 0 aliphatic carbocycles. The predicted octanol–water partition coefficient (Wildman–Crippen LogP) is 2.94. The van der Waals surface area contributed by atoms with Crippen molar-refractivity contribution in [2.75, 3.05) is 6.61 Å². The van der Waals surface area contributed by atoms with E-state index in [1.165, 1.54) is 12.3 Å². The summed E-state index contributed by atoms with van der Waals surface area (Å²) >= 11 is 0. The average Bonchev–Trinajstić information content (AvgIpc) is 2.50. The van der Waals surface area contributed by atoms with Gasteiger partial charge in [0.05, 0.1) is 6.21 Å². The van der Waals surface area contributed by atoms with Crippen LogP contribution in [-0.2, 0) is 9.63 Å². The molecule has 1 amide bonds. The Hall–Kier alpha value is -2.18. The molecule has 0 heterocycles. The van der Waals surface area contributed by atoms with E-state index in [0.29, 0.717) is 5.56 Å². The molecular weight excluding hydrogens is 294 g/mol. The molecule has 0 aliphatic heterocycles. The van der Waals surface area contributed by atoms with Gasteiger partial charge < -0.3 is 14.9 Å². The molecule has 0 unspecified atom stereocenters. The molecule has 0 radical (unpaired) electrons. The first kappa shape index (κ1) is 17.9. The van der Waals surface area contributed by atoms with E-state index < -0.39 is 6.61 Å². The Morgan fingerprint density at radius 1 is 1.32 bits per heavy atom. The van der Waals surface area contributed by atoms with Crippen LogP contribution < -0.4 is 10.1 Å². The number of carbonyl (C=O) groups is 1. The molecule has 0 spiro atoms. The lowest BCUT2D eigenvalue weighted by atomic mass is 10.2. The van der Waals surface area contributed by atoms with Crippen LogP contribution in [0.5, 0.6) is 5.75 Å². The summed E-state index contributed by atoms with van der Waals surface area (Å²) in [5, 5.41) is 6.39. The average molecular weight is 314 g/mol. The number of amides is 1. The number of rotatable bonds is 9. The molecule has 1 aromatic rings. The third-order valence-corrected chi connectivity index (χ3v) is 2.95. The zero-order valence-electron chi connectivity index (χ0n) is 12.6. The highest BCUT2D eigenvalue weighted by molar-refractivity contribution is 5.83. The van der Waals surface area contributed by atoms with Crippen LogP contribution in [0.2, 0.25) is 0 Å². The molecule has 0 saturated carbocycles. The standard InChI is InChI=1S/C15H20F2N2O3/c1-3-12(4-2)19-14(20)10-21-18-9-11-7-5-6-8-13(11)22-15(16)17/h5-9,12,15H,3-4,10H2,1-2H3,(H,19,20)/b18-9-. The van der Waals surface area contributed by atoms with Gasteiger partial charge in [-0.25, -0.2) is 0 Å². The lowest BCUT2D eigenvalue weighted by Crippen LogP contribution is -2.36. The molecule has 0 aromatic heterocycles. The fourth-order valence-corrected chi connectivity index (χ4v) is 1.74. The summed E-state index contributed by atoms with van der Waals surface area (Å²) in [4.78, 5) is 16.4. The molecule has 0 saturated heterocycles. The molecule has 1 N–H and O–H groups in total. The number of oxime groups is 1. The van der Waals surface area contributed by atoms with Crippen molar-refractivity contribution in [3.05, 3.63) is 29.8 Å². The molecule has 122 valence electrons. The number of hydrogen-bond acceptors (Lipinski definition) is 4. The van der Waals surface area contributed by atoms with Gasteiger partial charge in [0.25, 0.3) is 5.91 Å². The second-order valence-electron chi connectivity index (χ2n) is 4.51. The van der Waals surface area contributed by atoms with Crippen molar-refractivity contribution in [1.29, 1.82) is 0 Å². The van der Waals surface area contributed by atoms with Crippen LogP contribution in [0, 0.1) is 0 Å². The molecule has 1 aromatic carbocycles. The first-order chi connectivity index (χ1) is 10.6. The zero-order chi connectivity index (χ0) is 16.4. The fourth-order valence-electron chi connectivity index (χ4n) is 1.74. The zero-order valence-corrected chi connectivity index (χ0v) is 12.6. The van der Waals surface area contributed by atoms with Gasteiger partial charge in [0.2, 0.25) is 0 Å². The van der Waals surface area contributed by atoms with Gasteiger partial charge in [-0.2, -0.15) is 8.78 Å². The van der Waals surface area contributed by atoms with E-state index in [1.807, 2.05) is 13.8 Å². The van der Waals surface area contributed by atoms with Crippen LogP contribution in [0.25, 0.3) is 0 Å². The van der Waals surface area contributed by atoms with Gasteiger partial charge in [-0.05, 0) is 25.0 Å². The predicted molar refractivity (Wildman–Crippen MR) is 79.1 cm³/mol. The number of nitrogens with zero attached hydrogens (tertiary/aromatic N) is 1. The van der Waals surface area contributed by atoms with E-state index in [9.17, 15) is 13.6 Å². The molecule has 0 aliphatic rings. The van der Waals surface area contributed by atoms with Gasteiger partial charge >= 0.3 is 6.61 Å². The number of hydrogen-bond donors (Lipinski definition) is 1. The van der Waals surface area contributed by atoms with Gasteiger partial charge in [0, 0.05) is 11.6 Å². The Bertz CT molecular complexity index is 491. The van der Waals surface area contributed by atoms with Crippen molar-refractivity contribution in [2.24, 2.45) is 5.16 Å². The Kier molecular flexibility index (Phi) is 7.88. The molecule has 5 nitrogen and oxygen atoms in total. The number of nitrogens with one attached hydrogen (secondary N) is 1. The number of benzene rings is 1. The maximum absolute atomic E-state index is 12.2. The Morgan fingerprint density at radius 3 is 2.64 bits per heavy atom. The summed E-state index contributed by atoms with van der Waals surface area (Å²) in [7, 11) is 0. The molecular formula is C15H20F2N2O3. The minimum Gasteiger partial charge on any atom is -0.434 e. The summed E-state index contributed by atoms with van der Waals surface area (Å²) in [6.07, 6.45) is 2.90. The Labute approximate surface area is 128 Å². The van der Waals surface area contributed by atoms with E-state index in [-0.39, 0.29) is 24.3 Å². The number of alkyl halides is 2. The number of para-hydroxylation sites is 1. The smallest absolute Gasteiger partial charge is 0.387 e. The maximum Gasteiger partial charge on any atom is 0.387 e. The SMILES string of the molecule is CCC(CC)NC(=O)CO/N=C\c1ccccc1OC(F)F. The normalized spacial score (nSPS) is 11.2. The minimum atomic E-state index is -2.92. The molecule has 22 heavy (non-hydrogen) atoms. The van der Waals surface area contributed by atoms with Crippen molar-refractivity contribution in [3.63, 3.8) is 0 Å². The van der Waals surface area contributed by atoms with E-state index in [0.717, 1.165) is 12.8 Å². The molecule has 7 heteroatoms. The number of ether oxygens (including phenoxy) is 1. The van der Waals surface area contributed by atoms with E-state index in [1.54, 1.807) is 18.2 Å². The largest absolute Gasteiger partial charge is 0.434 e. The third-order valence-electron chi connectivity index (χ3n) is 2.95. The summed E-state index contributed by atoms with van der Waals surface area (Å²) in [5.41, 5.74) is 0.336. The lowest BCUT2D eigenvalue weighted by Gasteiger charge is -2.13. The number of halogens is 2. The van der Waals surface area contributed by atoms with E-state index in [4.69, 9.17) is 4.84 Å². The molecule has 0 fully saturated rings. The second-order valence-corrected chi connectivity index (χ2v) is 4.51. The topological polar surface area (TPSA) is 59.9 Å². The Morgan fingerprint density at radius 2 is 2.00 bits per heavy atom. The summed E-state index contributed by atoms with van der Waals surface area (Å²) in [6, 6.07) is 6.28. The first-order valence-electron chi connectivity index (χ1n) is 7.05. The highest BCUT2D eigenvalue weighted by Crippen LogP contribution is 2.18. The monoisotopic (exact) mass is 314 g/mol. The van der Waals surface area contributed by atoms with Crippen LogP contribution >= 0.6 is 0 Å². The first-order valence-corrected chi connectivity index (χ1v) is 7.05. The summed E-state index contributed by atoms with van der Waals surface area (Å²) < 4.78 is 28.8. The van der Waals surface area contributed by atoms with Crippen LogP contribution in [-0.4, -0.2) is 31.4 Å². The summed E-state index contributed by atoms with van der Waals surface area (Å²) in [6.45, 7) is 0.812. The van der Waals surface area contributed by atoms with E-state index in [2.05, 4.69) is 15.2 Å². The van der Waals surface area contributed by atoms with Gasteiger partial charge in [-0.3, -0.25) is 4.79 Å². The molecule has 0 atom stereocenters. The second kappa shape index (κ2) is 9.70. The lowest BCUT2D eigenvalue weighted by molar-refractivity contribution is -0.126. The van der Waals surface area contributed by atoms with Crippen molar-refractivity contribution in [3.8, 4) is 5.75 Å². The van der Waals surface area contributed by atoms with Gasteiger partial charge in [0.1, 0.15) is 5.75 Å². The molecule has 1 rings (SSSR count). The van der Waals surface area contributed by atoms with Crippen LogP contribution in [0.1, 0.15) is 32.3 Å². The van der Waals surface area contributed by atoms with Crippen molar-refractivity contribution >= 4 is 12.1 Å². The fraction of sp³-hybridized carbons (Fsp3) is 0.467. The quantitative estimate of drug-likeness (QED) is 0.563. The Balaban J connectivity index is 2.48. The third kappa shape index (κ3) is 6.51. The molecule has 0 bridgehead atoms. The number of carbonyl (C=O) groups excluding carboxylic acids is 1. The van der Waals surface area contributed by atoms with Gasteiger partial charge in [-0.15, -0.1) is 0 Å². The van der Waals surface area contributed by atoms with E-state index >= 15 is 0 Å². The van der Waals surface area contributed by atoms with Crippen molar-refractivity contribution < 1.29 is 23.1 Å². The highest BCUT2D eigenvalue weighted by atomic mass is 19.3. The van der Waals surface area contributed by atoms with Crippen molar-refractivity contribution in [1.82, 2.24) is 5.32 Å². The van der Waals surface area contributed by atoms with Crippen molar-refractivity contribution in [2.45, 2.75) is 39.3 Å². The van der Waals surface area contributed by atoms with Crippen LogP contribution in [0.4, 0.5) is 8.78 Å². The van der Waals surface area contributed by atoms with Gasteiger partial charge in [-0.1, -0.05) is 31.1 Å². The highest BCUT2D eigenvalue weighted by Gasteiger charge is 2.09.